The van der Waals surface area contributed by atoms with Crippen LogP contribution >= 0.6 is 0 Å². The molecule has 3 N–H and O–H groups in total. The van der Waals surface area contributed by atoms with Gasteiger partial charge < -0.3 is 20.5 Å². The number of carbonyl (C=O) groups is 1. The molecule has 0 unspecified atom stereocenters. The van der Waals surface area contributed by atoms with E-state index in [-0.39, 0.29) is 5.91 Å². The molecule has 1 amide bonds. The number of nitrogens with two attached hydrogens (primary N) is 1. The smallest absolute Gasteiger partial charge is 0.224 e. The fraction of sp³-hybridized carbons (Fsp3) is 0.438. The van der Waals surface area contributed by atoms with Gasteiger partial charge in [0.2, 0.25) is 5.91 Å². The summed E-state index contributed by atoms with van der Waals surface area (Å²) in [7, 11) is 1.56. The van der Waals surface area contributed by atoms with E-state index in [0.717, 1.165) is 5.56 Å². The maximum atomic E-state index is 11.9. The standard InChI is InChI=1S/C16H22N2O3/c1-3-21-11-5-7-16(19)18-14-12-13(6-4-10-17)8-9-15(14)20-2/h8-9,12H,3,5,7,10-11,17H2,1-2H3,(H,18,19). The molecule has 1 aromatic rings. The zero-order valence-electron chi connectivity index (χ0n) is 12.6. The monoisotopic (exact) mass is 290 g/mol. The van der Waals surface area contributed by atoms with Gasteiger partial charge in [-0.1, -0.05) is 11.8 Å². The summed E-state index contributed by atoms with van der Waals surface area (Å²) in [6.07, 6.45) is 1.09. The van der Waals surface area contributed by atoms with Crippen molar-refractivity contribution < 1.29 is 14.3 Å². The van der Waals surface area contributed by atoms with E-state index in [4.69, 9.17) is 15.2 Å². The van der Waals surface area contributed by atoms with Crippen LogP contribution in [0.5, 0.6) is 5.75 Å². The molecule has 0 fully saturated rings. The number of anilines is 1. The number of methoxy groups -OCH3 is 1. The van der Waals surface area contributed by atoms with Crippen molar-refractivity contribution in [3.05, 3.63) is 23.8 Å². The normalized spacial score (nSPS) is 9.67. The Morgan fingerprint density at radius 1 is 1.43 bits per heavy atom. The number of rotatable bonds is 7. The summed E-state index contributed by atoms with van der Waals surface area (Å²) in [5.74, 6) is 6.24. The molecule has 0 saturated heterocycles. The summed E-state index contributed by atoms with van der Waals surface area (Å²) < 4.78 is 10.4. The Balaban J connectivity index is 2.68. The summed E-state index contributed by atoms with van der Waals surface area (Å²) in [6.45, 7) is 3.48. The lowest BCUT2D eigenvalue weighted by molar-refractivity contribution is -0.116. The first kappa shape index (κ1) is 17.0. The average molecular weight is 290 g/mol. The van der Waals surface area contributed by atoms with Crippen LogP contribution in [0.2, 0.25) is 0 Å². The van der Waals surface area contributed by atoms with E-state index < -0.39 is 0 Å². The number of hydrogen-bond donors (Lipinski definition) is 2. The highest BCUT2D eigenvalue weighted by molar-refractivity contribution is 5.92. The van der Waals surface area contributed by atoms with Crippen LogP contribution in [0.1, 0.15) is 25.3 Å². The second-order valence-corrected chi connectivity index (χ2v) is 4.27. The third-order valence-electron chi connectivity index (χ3n) is 2.70. The molecule has 1 aromatic carbocycles. The molecular weight excluding hydrogens is 268 g/mol. The fourth-order valence-electron chi connectivity index (χ4n) is 1.73. The highest BCUT2D eigenvalue weighted by atomic mass is 16.5. The number of amides is 1. The highest BCUT2D eigenvalue weighted by Crippen LogP contribution is 2.25. The molecule has 21 heavy (non-hydrogen) atoms. The van der Waals surface area contributed by atoms with Crippen LogP contribution in [-0.2, 0) is 9.53 Å². The first-order valence-electron chi connectivity index (χ1n) is 6.95. The summed E-state index contributed by atoms with van der Waals surface area (Å²) in [5.41, 5.74) is 6.75. The van der Waals surface area contributed by atoms with Crippen molar-refractivity contribution in [3.8, 4) is 17.6 Å². The minimum absolute atomic E-state index is 0.0723. The van der Waals surface area contributed by atoms with Crippen molar-refractivity contribution in [1.82, 2.24) is 0 Å². The molecule has 114 valence electrons. The lowest BCUT2D eigenvalue weighted by atomic mass is 10.1. The average Bonchev–Trinajstić information content (AvgIpc) is 2.50. The Morgan fingerprint density at radius 3 is 2.90 bits per heavy atom. The highest BCUT2D eigenvalue weighted by Gasteiger charge is 2.08. The van der Waals surface area contributed by atoms with Crippen molar-refractivity contribution >= 4 is 11.6 Å². The van der Waals surface area contributed by atoms with Gasteiger partial charge in [0, 0.05) is 25.2 Å². The molecule has 0 spiro atoms. The number of hydrogen-bond acceptors (Lipinski definition) is 4. The molecule has 0 saturated carbocycles. The Labute approximate surface area is 125 Å². The summed E-state index contributed by atoms with van der Waals surface area (Å²) in [5, 5.41) is 2.84. The zero-order chi connectivity index (χ0) is 15.5. The molecule has 0 aliphatic rings. The van der Waals surface area contributed by atoms with E-state index in [2.05, 4.69) is 17.2 Å². The third-order valence-corrected chi connectivity index (χ3v) is 2.70. The second-order valence-electron chi connectivity index (χ2n) is 4.27. The van der Waals surface area contributed by atoms with Gasteiger partial charge >= 0.3 is 0 Å². The van der Waals surface area contributed by atoms with Crippen molar-refractivity contribution in [2.75, 3.05) is 32.2 Å². The van der Waals surface area contributed by atoms with E-state index in [1.807, 2.05) is 13.0 Å². The minimum atomic E-state index is -0.0723. The first-order chi connectivity index (χ1) is 10.2. The predicted molar refractivity (Wildman–Crippen MR) is 83.3 cm³/mol. The van der Waals surface area contributed by atoms with Gasteiger partial charge in [0.1, 0.15) is 5.75 Å². The van der Waals surface area contributed by atoms with Gasteiger partial charge in [0.15, 0.2) is 0 Å². The third kappa shape index (κ3) is 6.30. The fourth-order valence-corrected chi connectivity index (χ4v) is 1.73. The molecular formula is C16H22N2O3. The summed E-state index contributed by atoms with van der Waals surface area (Å²) in [6, 6.07) is 5.38. The van der Waals surface area contributed by atoms with Crippen LogP contribution in [0.15, 0.2) is 18.2 Å². The maximum absolute atomic E-state index is 11.9. The largest absolute Gasteiger partial charge is 0.495 e. The summed E-state index contributed by atoms with van der Waals surface area (Å²) >= 11 is 0. The van der Waals surface area contributed by atoms with Crippen LogP contribution in [-0.4, -0.2) is 32.8 Å². The van der Waals surface area contributed by atoms with Gasteiger partial charge in [-0.05, 0) is 31.5 Å². The van der Waals surface area contributed by atoms with Crippen molar-refractivity contribution in [2.45, 2.75) is 19.8 Å². The molecule has 5 nitrogen and oxygen atoms in total. The van der Waals surface area contributed by atoms with Crippen molar-refractivity contribution in [3.63, 3.8) is 0 Å². The molecule has 0 aliphatic heterocycles. The van der Waals surface area contributed by atoms with E-state index >= 15 is 0 Å². The number of ether oxygens (including phenoxy) is 2. The quantitative estimate of drug-likeness (QED) is 0.593. The second kappa shape index (κ2) is 9.81. The zero-order valence-corrected chi connectivity index (χ0v) is 12.6. The lowest BCUT2D eigenvalue weighted by Crippen LogP contribution is -2.13. The van der Waals surface area contributed by atoms with E-state index in [9.17, 15) is 4.79 Å². The lowest BCUT2D eigenvalue weighted by Gasteiger charge is -2.10. The van der Waals surface area contributed by atoms with Crippen LogP contribution in [0.25, 0.3) is 0 Å². The van der Waals surface area contributed by atoms with Gasteiger partial charge in [-0.2, -0.15) is 0 Å². The minimum Gasteiger partial charge on any atom is -0.495 e. The Kier molecular flexibility index (Phi) is 7.95. The molecule has 0 aromatic heterocycles. The van der Waals surface area contributed by atoms with Crippen LogP contribution in [0.3, 0.4) is 0 Å². The molecule has 5 heteroatoms. The molecule has 0 radical (unpaired) electrons. The van der Waals surface area contributed by atoms with Gasteiger partial charge in [0.05, 0.1) is 19.3 Å². The van der Waals surface area contributed by atoms with E-state index in [1.165, 1.54) is 0 Å². The predicted octanol–water partition coefficient (Wildman–Crippen LogP) is 1.76. The van der Waals surface area contributed by atoms with Crippen molar-refractivity contribution in [2.24, 2.45) is 5.73 Å². The number of carbonyl (C=O) groups excluding carboxylic acids is 1. The van der Waals surface area contributed by atoms with Crippen molar-refractivity contribution in [1.29, 1.82) is 0 Å². The van der Waals surface area contributed by atoms with E-state index in [0.29, 0.717) is 44.0 Å². The first-order valence-corrected chi connectivity index (χ1v) is 6.95. The van der Waals surface area contributed by atoms with Crippen LogP contribution < -0.4 is 15.8 Å². The van der Waals surface area contributed by atoms with Gasteiger partial charge in [-0.25, -0.2) is 0 Å². The molecule has 0 atom stereocenters. The van der Waals surface area contributed by atoms with Crippen LogP contribution in [0.4, 0.5) is 5.69 Å². The Bertz CT molecular complexity index is 518. The molecule has 0 aliphatic carbocycles. The van der Waals surface area contributed by atoms with E-state index in [1.54, 1.807) is 19.2 Å². The number of benzene rings is 1. The van der Waals surface area contributed by atoms with Gasteiger partial charge in [0.25, 0.3) is 0 Å². The SMILES string of the molecule is CCOCCCC(=O)Nc1cc(C#CCN)ccc1OC. The van der Waals surface area contributed by atoms with Crippen LogP contribution in [0, 0.1) is 11.8 Å². The Hall–Kier alpha value is -2.03. The topological polar surface area (TPSA) is 73.6 Å². The summed E-state index contributed by atoms with van der Waals surface area (Å²) in [4.78, 5) is 11.9. The maximum Gasteiger partial charge on any atom is 0.224 e. The van der Waals surface area contributed by atoms with Gasteiger partial charge in [-0.15, -0.1) is 0 Å². The molecule has 0 bridgehead atoms. The Morgan fingerprint density at radius 2 is 2.24 bits per heavy atom. The molecule has 1 rings (SSSR count). The van der Waals surface area contributed by atoms with Gasteiger partial charge in [-0.3, -0.25) is 4.79 Å². The molecule has 0 heterocycles. The number of nitrogens with one attached hydrogen (secondary N) is 1.